The van der Waals surface area contributed by atoms with Crippen molar-refractivity contribution in [3.8, 4) is 0 Å². The molecule has 1 rings (SSSR count). The van der Waals surface area contributed by atoms with E-state index in [1.54, 1.807) is 0 Å². The van der Waals surface area contributed by atoms with Crippen molar-refractivity contribution >= 4 is 0 Å². The lowest BCUT2D eigenvalue weighted by Gasteiger charge is -2.31. The van der Waals surface area contributed by atoms with Gasteiger partial charge in [0.1, 0.15) is 6.54 Å². The molecule has 0 fully saturated rings. The second-order valence-electron chi connectivity index (χ2n) is 6.38. The first-order chi connectivity index (χ1) is 9.90. The molecular weight excluding hydrogens is 262 g/mol. The van der Waals surface area contributed by atoms with E-state index in [0.717, 1.165) is 18.5 Å². The van der Waals surface area contributed by atoms with Crippen LogP contribution in [0.4, 0.5) is 0 Å². The number of quaternary nitrogens is 1. The fourth-order valence-electron chi connectivity index (χ4n) is 2.92. The van der Waals surface area contributed by atoms with Crippen LogP contribution in [0.3, 0.4) is 0 Å². The fourth-order valence-corrected chi connectivity index (χ4v) is 2.92. The first kappa shape index (κ1) is 18.1. The molecule has 2 N–H and O–H groups in total. The molecule has 0 amide bonds. The third-order valence-corrected chi connectivity index (χ3v) is 4.03. The maximum atomic E-state index is 10.8. The molecule has 3 heteroatoms. The molecule has 1 atom stereocenters. The molecule has 0 aromatic heterocycles. The first-order valence-electron chi connectivity index (χ1n) is 8.18. The smallest absolute Gasteiger partial charge is 0.192 e. The van der Waals surface area contributed by atoms with Gasteiger partial charge in [0, 0.05) is 12.0 Å². The molecule has 3 nitrogen and oxygen atoms in total. The molecule has 0 aliphatic rings. The van der Waals surface area contributed by atoms with Crippen LogP contribution in [-0.2, 0) is 10.5 Å². The Bertz CT molecular complexity index is 383. The van der Waals surface area contributed by atoms with E-state index in [0.29, 0.717) is 25.1 Å². The Morgan fingerprint density at radius 2 is 1.67 bits per heavy atom. The quantitative estimate of drug-likeness (QED) is 0.686. The number of hydrogen-bond donors (Lipinski definition) is 2. The monoisotopic (exact) mass is 294 g/mol. The van der Waals surface area contributed by atoms with Crippen LogP contribution in [0.1, 0.15) is 53.0 Å². The van der Waals surface area contributed by atoms with E-state index < -0.39 is 5.79 Å². The Kier molecular flexibility index (Phi) is 7.36. The van der Waals surface area contributed by atoms with E-state index in [1.807, 2.05) is 30.3 Å². The molecule has 1 aromatic carbocycles. The highest BCUT2D eigenvalue weighted by atomic mass is 16.6. The van der Waals surface area contributed by atoms with Crippen LogP contribution in [0.15, 0.2) is 30.3 Å². The molecule has 120 valence electrons. The molecule has 0 spiro atoms. The van der Waals surface area contributed by atoms with Crippen molar-refractivity contribution in [2.45, 2.75) is 65.3 Å². The lowest BCUT2D eigenvalue weighted by atomic mass is 10.0. The summed E-state index contributed by atoms with van der Waals surface area (Å²) < 4.78 is 5.92. The van der Waals surface area contributed by atoms with E-state index >= 15 is 0 Å². The Morgan fingerprint density at radius 1 is 1.10 bits per heavy atom. The number of rotatable bonds is 9. The van der Waals surface area contributed by atoms with E-state index in [2.05, 4.69) is 34.6 Å². The zero-order valence-corrected chi connectivity index (χ0v) is 14.2. The van der Waals surface area contributed by atoms with Crippen molar-refractivity contribution < 1.29 is 14.7 Å². The average Bonchev–Trinajstić information content (AvgIpc) is 2.44. The van der Waals surface area contributed by atoms with E-state index in [-0.39, 0.29) is 0 Å². The molecule has 1 aromatic rings. The minimum absolute atomic E-state index is 0.560. The lowest BCUT2D eigenvalue weighted by molar-refractivity contribution is -0.942. The van der Waals surface area contributed by atoms with Crippen LogP contribution in [0.5, 0.6) is 0 Å². The number of ether oxygens (including phenoxy) is 1. The van der Waals surface area contributed by atoms with Gasteiger partial charge in [0.05, 0.1) is 18.7 Å². The maximum absolute atomic E-state index is 10.8. The molecule has 21 heavy (non-hydrogen) atoms. The molecule has 0 saturated heterocycles. The van der Waals surface area contributed by atoms with Gasteiger partial charge in [0.2, 0.25) is 0 Å². The molecule has 0 saturated carbocycles. The van der Waals surface area contributed by atoms with Crippen LogP contribution in [0.2, 0.25) is 0 Å². The van der Waals surface area contributed by atoms with Crippen molar-refractivity contribution in [1.82, 2.24) is 0 Å². The van der Waals surface area contributed by atoms with Crippen LogP contribution in [-0.4, -0.2) is 30.3 Å². The van der Waals surface area contributed by atoms with Gasteiger partial charge < -0.3 is 14.7 Å². The van der Waals surface area contributed by atoms with Crippen molar-refractivity contribution in [2.75, 3.05) is 13.2 Å². The highest BCUT2D eigenvalue weighted by Gasteiger charge is 2.30. The third-order valence-electron chi connectivity index (χ3n) is 4.03. The average molecular weight is 294 g/mol. The maximum Gasteiger partial charge on any atom is 0.192 e. The second-order valence-corrected chi connectivity index (χ2v) is 6.38. The summed E-state index contributed by atoms with van der Waals surface area (Å²) in [7, 11) is 0. The number of nitrogens with one attached hydrogen (secondary N) is 1. The SMILES string of the molecule is CCC[C@](O)(OCC[NH+](C(C)C)C(C)C)c1ccccc1. The summed E-state index contributed by atoms with van der Waals surface area (Å²) in [6, 6.07) is 10.8. The lowest BCUT2D eigenvalue weighted by Crippen LogP contribution is -3.18. The Morgan fingerprint density at radius 3 is 2.14 bits per heavy atom. The van der Waals surface area contributed by atoms with Gasteiger partial charge >= 0.3 is 0 Å². The molecule has 0 heterocycles. The normalized spacial score (nSPS) is 14.9. The molecule has 0 bridgehead atoms. The van der Waals surface area contributed by atoms with E-state index in [1.165, 1.54) is 4.90 Å². The Hall–Kier alpha value is -0.900. The van der Waals surface area contributed by atoms with Crippen LogP contribution in [0, 0.1) is 0 Å². The summed E-state index contributed by atoms with van der Waals surface area (Å²) in [4.78, 5) is 1.50. The highest BCUT2D eigenvalue weighted by Crippen LogP contribution is 2.27. The van der Waals surface area contributed by atoms with Gasteiger partial charge in [-0.2, -0.15) is 0 Å². The summed E-state index contributed by atoms with van der Waals surface area (Å²) in [5, 5.41) is 10.8. The minimum Gasteiger partial charge on any atom is -0.362 e. The van der Waals surface area contributed by atoms with Gasteiger partial charge in [-0.25, -0.2) is 0 Å². The first-order valence-corrected chi connectivity index (χ1v) is 8.18. The highest BCUT2D eigenvalue weighted by molar-refractivity contribution is 5.19. The van der Waals surface area contributed by atoms with Crippen molar-refractivity contribution in [1.29, 1.82) is 0 Å². The molecule has 0 aliphatic heterocycles. The molecular formula is C18H32NO2+. The predicted octanol–water partition coefficient (Wildman–Crippen LogP) is 2.35. The third kappa shape index (κ3) is 5.42. The Labute approximate surface area is 129 Å². The summed E-state index contributed by atoms with van der Waals surface area (Å²) >= 11 is 0. The summed E-state index contributed by atoms with van der Waals surface area (Å²) in [5.74, 6) is -1.16. The van der Waals surface area contributed by atoms with Crippen molar-refractivity contribution in [3.63, 3.8) is 0 Å². The summed E-state index contributed by atoms with van der Waals surface area (Å²) in [5.41, 5.74) is 0.850. The van der Waals surface area contributed by atoms with E-state index in [9.17, 15) is 5.11 Å². The standard InChI is InChI=1S/C18H31NO2/c1-6-12-18(20,17-10-8-7-9-11-17)21-14-13-19(15(2)3)16(4)5/h7-11,15-16,20H,6,12-14H2,1-5H3/p+1/t18-/m0/s1. The zero-order chi connectivity index (χ0) is 15.9. The van der Waals surface area contributed by atoms with E-state index in [4.69, 9.17) is 4.74 Å². The molecule has 0 radical (unpaired) electrons. The second kappa shape index (κ2) is 8.52. The van der Waals surface area contributed by atoms with Crippen LogP contribution < -0.4 is 4.90 Å². The number of hydrogen-bond acceptors (Lipinski definition) is 2. The molecule has 0 unspecified atom stereocenters. The van der Waals surface area contributed by atoms with Gasteiger partial charge in [-0.05, 0) is 27.7 Å². The van der Waals surface area contributed by atoms with Crippen molar-refractivity contribution in [2.24, 2.45) is 0 Å². The van der Waals surface area contributed by atoms with Gasteiger partial charge in [0.15, 0.2) is 5.79 Å². The Balaban J connectivity index is 2.67. The van der Waals surface area contributed by atoms with Crippen molar-refractivity contribution in [3.05, 3.63) is 35.9 Å². The fraction of sp³-hybridized carbons (Fsp3) is 0.667. The topological polar surface area (TPSA) is 33.9 Å². The number of aliphatic hydroxyl groups is 1. The molecule has 0 aliphatic carbocycles. The summed E-state index contributed by atoms with van der Waals surface area (Å²) in [6.07, 6.45) is 1.51. The van der Waals surface area contributed by atoms with Gasteiger partial charge in [-0.1, -0.05) is 43.7 Å². The van der Waals surface area contributed by atoms with Crippen LogP contribution >= 0.6 is 0 Å². The minimum atomic E-state index is -1.16. The van der Waals surface area contributed by atoms with Crippen LogP contribution in [0.25, 0.3) is 0 Å². The number of benzene rings is 1. The zero-order valence-electron chi connectivity index (χ0n) is 14.2. The van der Waals surface area contributed by atoms with Gasteiger partial charge in [0.25, 0.3) is 0 Å². The largest absolute Gasteiger partial charge is 0.362 e. The van der Waals surface area contributed by atoms with Gasteiger partial charge in [-0.15, -0.1) is 0 Å². The summed E-state index contributed by atoms with van der Waals surface area (Å²) in [6.45, 7) is 12.5. The predicted molar refractivity (Wildman–Crippen MR) is 87.3 cm³/mol. The van der Waals surface area contributed by atoms with Gasteiger partial charge in [-0.3, -0.25) is 0 Å².